The van der Waals surface area contributed by atoms with E-state index < -0.39 is 33.6 Å². The first-order valence-electron chi connectivity index (χ1n) is 6.01. The fourth-order valence-electron chi connectivity index (χ4n) is 2.52. The van der Waals surface area contributed by atoms with Crippen molar-refractivity contribution in [2.24, 2.45) is 0 Å². The molecule has 1 aromatic heterocycles. The van der Waals surface area contributed by atoms with Gasteiger partial charge in [0.05, 0.1) is 31.6 Å². The highest BCUT2D eigenvalue weighted by Gasteiger charge is 2.30. The number of halogens is 2. The zero-order chi connectivity index (χ0) is 15.5. The van der Waals surface area contributed by atoms with E-state index in [0.29, 0.717) is 0 Å². The summed E-state index contributed by atoms with van der Waals surface area (Å²) in [6.45, 7) is 1.74. The maximum Gasteiger partial charge on any atom is 0.341 e. The number of carboxylic acids is 1. The molecule has 3 rings (SSSR count). The Morgan fingerprint density at radius 2 is 2.24 bits per heavy atom. The third kappa shape index (κ3) is 1.91. The molecule has 1 unspecified atom stereocenters. The van der Waals surface area contributed by atoms with Crippen molar-refractivity contribution in [1.82, 2.24) is 4.57 Å². The lowest BCUT2D eigenvalue weighted by Crippen LogP contribution is -2.27. The molecule has 0 saturated heterocycles. The number of aromatic nitrogens is 1. The van der Waals surface area contributed by atoms with Gasteiger partial charge in [0.15, 0.2) is 0 Å². The Morgan fingerprint density at radius 3 is 2.86 bits per heavy atom. The van der Waals surface area contributed by atoms with Crippen molar-refractivity contribution in [3.63, 3.8) is 0 Å². The molecule has 2 aromatic rings. The van der Waals surface area contributed by atoms with E-state index in [0.717, 1.165) is 6.07 Å². The van der Waals surface area contributed by atoms with Crippen molar-refractivity contribution in [2.45, 2.75) is 17.9 Å². The number of carboxylic acid groups (broad SMARTS) is 1. The van der Waals surface area contributed by atoms with Gasteiger partial charge >= 0.3 is 5.97 Å². The molecule has 2 atom stereocenters. The summed E-state index contributed by atoms with van der Waals surface area (Å²) in [5, 5.41) is 8.69. The second kappa shape index (κ2) is 4.64. The topological polar surface area (TPSA) is 76.4 Å². The van der Waals surface area contributed by atoms with E-state index in [1.54, 1.807) is 6.92 Å². The molecule has 1 aliphatic rings. The Morgan fingerprint density at radius 1 is 1.57 bits per heavy atom. The molecule has 1 N–H and O–H groups in total. The molecule has 1 aliphatic heterocycles. The lowest BCUT2D eigenvalue weighted by molar-refractivity contribution is 0.0694. The largest absolute Gasteiger partial charge is 0.477 e. The summed E-state index contributed by atoms with van der Waals surface area (Å²) in [5.74, 6) is -2.09. The Balaban J connectivity index is 2.62. The van der Waals surface area contributed by atoms with Crippen LogP contribution in [0.3, 0.4) is 0 Å². The minimum absolute atomic E-state index is 0.0544. The number of nitrogens with zero attached hydrogens (tertiary/aromatic N) is 1. The zero-order valence-electron chi connectivity index (χ0n) is 10.7. The fourth-order valence-corrected chi connectivity index (χ4v) is 4.42. The average Bonchev–Trinajstić information content (AvgIpc) is 2.40. The van der Waals surface area contributed by atoms with Crippen LogP contribution in [-0.2, 0) is 10.8 Å². The molecule has 1 aromatic carbocycles. The van der Waals surface area contributed by atoms with Crippen LogP contribution in [0.1, 0.15) is 23.3 Å². The second-order valence-corrected chi connectivity index (χ2v) is 6.65. The van der Waals surface area contributed by atoms with E-state index in [1.807, 2.05) is 0 Å². The first kappa shape index (κ1) is 14.2. The highest BCUT2D eigenvalue weighted by Crippen LogP contribution is 2.36. The number of hydrogen-bond acceptors (Lipinski definition) is 3. The third-order valence-corrected chi connectivity index (χ3v) is 5.61. The maximum absolute atomic E-state index is 13.9. The van der Waals surface area contributed by atoms with Gasteiger partial charge in [-0.05, 0) is 13.0 Å². The molecule has 0 spiro atoms. The van der Waals surface area contributed by atoms with E-state index in [4.69, 9.17) is 16.7 Å². The van der Waals surface area contributed by atoms with Crippen LogP contribution in [0.2, 0.25) is 5.02 Å². The van der Waals surface area contributed by atoms with Crippen LogP contribution in [-0.4, -0.2) is 25.6 Å². The van der Waals surface area contributed by atoms with Crippen LogP contribution in [0.5, 0.6) is 0 Å². The molecule has 0 saturated carbocycles. The molecule has 0 amide bonds. The predicted molar refractivity (Wildman–Crippen MR) is 76.1 cm³/mol. The highest BCUT2D eigenvalue weighted by molar-refractivity contribution is 7.85. The van der Waals surface area contributed by atoms with E-state index in [9.17, 15) is 18.2 Å². The molecular formula is C13H9ClFNO4S. The summed E-state index contributed by atoms with van der Waals surface area (Å²) in [6.07, 6.45) is 1.20. The number of rotatable bonds is 1. The molecule has 5 nitrogen and oxygen atoms in total. The highest BCUT2D eigenvalue weighted by atomic mass is 35.5. The van der Waals surface area contributed by atoms with Crippen molar-refractivity contribution >= 4 is 39.3 Å². The molecular weight excluding hydrogens is 321 g/mol. The van der Waals surface area contributed by atoms with E-state index in [1.165, 1.54) is 10.8 Å². The molecule has 0 fully saturated rings. The Bertz CT molecular complexity index is 892. The summed E-state index contributed by atoms with van der Waals surface area (Å²) in [5.41, 5.74) is -1.01. The number of hydrogen-bond donors (Lipinski definition) is 1. The molecule has 0 aliphatic carbocycles. The minimum atomic E-state index is -1.55. The van der Waals surface area contributed by atoms with Crippen molar-refractivity contribution in [2.75, 3.05) is 5.75 Å². The van der Waals surface area contributed by atoms with Gasteiger partial charge in [0, 0.05) is 18.0 Å². The van der Waals surface area contributed by atoms with Gasteiger partial charge in [0.2, 0.25) is 5.43 Å². The Labute approximate surface area is 125 Å². The van der Waals surface area contributed by atoms with Crippen molar-refractivity contribution in [3.05, 3.63) is 38.9 Å². The van der Waals surface area contributed by atoms with E-state index in [2.05, 4.69) is 0 Å². The molecule has 0 radical (unpaired) electrons. The predicted octanol–water partition coefficient (Wildman–Crippen LogP) is 2.17. The van der Waals surface area contributed by atoms with Gasteiger partial charge in [-0.1, -0.05) is 11.6 Å². The minimum Gasteiger partial charge on any atom is -0.477 e. The number of pyridine rings is 1. The zero-order valence-corrected chi connectivity index (χ0v) is 12.3. The van der Waals surface area contributed by atoms with Gasteiger partial charge in [0.1, 0.15) is 11.4 Å². The molecule has 8 heteroatoms. The molecule has 2 heterocycles. The summed E-state index contributed by atoms with van der Waals surface area (Å²) >= 11 is 5.88. The lowest BCUT2D eigenvalue weighted by Gasteiger charge is -2.26. The first-order valence-corrected chi connectivity index (χ1v) is 7.71. The van der Waals surface area contributed by atoms with Crippen LogP contribution in [0.4, 0.5) is 4.39 Å². The van der Waals surface area contributed by atoms with Crippen LogP contribution in [0, 0.1) is 5.82 Å². The maximum atomic E-state index is 13.9. The summed E-state index contributed by atoms with van der Waals surface area (Å²) in [7, 11) is -1.55. The lowest BCUT2D eigenvalue weighted by atomic mass is 10.1. The van der Waals surface area contributed by atoms with Gasteiger partial charge in [-0.25, -0.2) is 9.18 Å². The summed E-state index contributed by atoms with van der Waals surface area (Å²) in [6, 6.07) is 0.614. The summed E-state index contributed by atoms with van der Waals surface area (Å²) < 4.78 is 27.6. The smallest absolute Gasteiger partial charge is 0.341 e. The SMILES string of the molecule is CC1C[S@@](=O)c2c(Cl)c(F)cc3c(=O)c(C(=O)O)cn1c23. The quantitative estimate of drug-likeness (QED) is 0.870. The Hall–Kier alpha value is -1.73. The fraction of sp³-hybridized carbons (Fsp3) is 0.231. The van der Waals surface area contributed by atoms with Crippen molar-refractivity contribution in [3.8, 4) is 0 Å². The molecule has 0 bridgehead atoms. The van der Waals surface area contributed by atoms with Crippen LogP contribution in [0.25, 0.3) is 10.9 Å². The van der Waals surface area contributed by atoms with Gasteiger partial charge in [-0.2, -0.15) is 0 Å². The number of aromatic carboxylic acids is 1. The first-order chi connectivity index (χ1) is 9.82. The Kier molecular flexibility index (Phi) is 3.14. The summed E-state index contributed by atoms with van der Waals surface area (Å²) in [4.78, 5) is 23.4. The van der Waals surface area contributed by atoms with Gasteiger partial charge < -0.3 is 9.67 Å². The second-order valence-electron chi connectivity index (χ2n) is 4.84. The standard InChI is InChI=1S/C13H9ClFNO4S/c1-5-4-21(20)12-9(14)8(15)2-6-10(12)16(5)3-7(11(6)17)13(18)19/h2-3,5H,4H2,1H3,(H,18,19)/t5?,21-/m1/s1. The van der Waals surface area contributed by atoms with Crippen LogP contribution in [0.15, 0.2) is 22.0 Å². The normalized spacial score (nSPS) is 20.7. The van der Waals surface area contributed by atoms with Gasteiger partial charge in [0.25, 0.3) is 0 Å². The molecule has 21 heavy (non-hydrogen) atoms. The third-order valence-electron chi connectivity index (χ3n) is 3.49. The average molecular weight is 330 g/mol. The van der Waals surface area contributed by atoms with Gasteiger partial charge in [-0.3, -0.25) is 9.00 Å². The van der Waals surface area contributed by atoms with E-state index >= 15 is 0 Å². The number of benzene rings is 1. The van der Waals surface area contributed by atoms with Crippen molar-refractivity contribution < 1.29 is 18.5 Å². The van der Waals surface area contributed by atoms with Crippen LogP contribution >= 0.6 is 11.6 Å². The number of carbonyl (C=O) groups is 1. The monoisotopic (exact) mass is 329 g/mol. The van der Waals surface area contributed by atoms with Crippen molar-refractivity contribution in [1.29, 1.82) is 0 Å². The van der Waals surface area contributed by atoms with Gasteiger partial charge in [-0.15, -0.1) is 0 Å². The van der Waals surface area contributed by atoms with Crippen LogP contribution < -0.4 is 5.43 Å². The molecule has 110 valence electrons. The van der Waals surface area contributed by atoms with E-state index in [-0.39, 0.29) is 32.6 Å².